The van der Waals surface area contributed by atoms with E-state index in [9.17, 15) is 10.4 Å². The molecular weight excluding hydrogens is 222 g/mol. The van der Waals surface area contributed by atoms with Gasteiger partial charge in [-0.1, -0.05) is 44.2 Å². The molecule has 0 atom stereocenters. The second-order valence-corrected chi connectivity index (χ2v) is 5.51. The highest BCUT2D eigenvalue weighted by atomic mass is 16.3. The highest BCUT2D eigenvalue weighted by Gasteiger charge is 2.30. The van der Waals surface area contributed by atoms with E-state index in [0.717, 1.165) is 37.7 Å². The zero-order valence-electron chi connectivity index (χ0n) is 10.9. The van der Waals surface area contributed by atoms with Crippen molar-refractivity contribution >= 4 is 0 Å². The second kappa shape index (κ2) is 5.91. The molecule has 1 aliphatic rings. The molecule has 0 unspecified atom stereocenters. The zero-order valence-corrected chi connectivity index (χ0v) is 10.9. The van der Waals surface area contributed by atoms with Crippen LogP contribution in [0.3, 0.4) is 0 Å². The van der Waals surface area contributed by atoms with Crippen LogP contribution in [-0.4, -0.2) is 5.11 Å². The highest BCUT2D eigenvalue weighted by Crippen LogP contribution is 2.37. The third-order valence-electron chi connectivity index (χ3n) is 4.00. The summed E-state index contributed by atoms with van der Waals surface area (Å²) >= 11 is 0. The number of benzene rings is 1. The molecule has 1 N–H and O–H groups in total. The summed E-state index contributed by atoms with van der Waals surface area (Å²) in [4.78, 5) is 0. The summed E-state index contributed by atoms with van der Waals surface area (Å²) in [5.74, 6) is 0.298. The number of phenols is 1. The van der Waals surface area contributed by atoms with Crippen LogP contribution in [0.5, 0.6) is 5.75 Å². The molecule has 0 heterocycles. The molecule has 1 aromatic rings. The van der Waals surface area contributed by atoms with Crippen LogP contribution in [0, 0.1) is 16.7 Å². The highest BCUT2D eigenvalue weighted by molar-refractivity contribution is 5.29. The van der Waals surface area contributed by atoms with Gasteiger partial charge in [0, 0.05) is 0 Å². The summed E-state index contributed by atoms with van der Waals surface area (Å²) in [6.45, 7) is 0. The Bertz CT molecular complexity index is 425. The molecule has 1 saturated carbocycles. The molecule has 0 spiro atoms. The molecule has 1 aliphatic carbocycles. The molecule has 2 nitrogen and oxygen atoms in total. The van der Waals surface area contributed by atoms with Crippen LogP contribution >= 0.6 is 0 Å². The van der Waals surface area contributed by atoms with Gasteiger partial charge in [0.15, 0.2) is 0 Å². The van der Waals surface area contributed by atoms with Gasteiger partial charge < -0.3 is 5.11 Å². The first-order valence-electron chi connectivity index (χ1n) is 6.93. The van der Waals surface area contributed by atoms with E-state index in [4.69, 9.17) is 0 Å². The van der Waals surface area contributed by atoms with Crippen molar-refractivity contribution in [1.82, 2.24) is 0 Å². The van der Waals surface area contributed by atoms with E-state index in [-0.39, 0.29) is 5.41 Å². The first-order chi connectivity index (χ1) is 8.74. The molecule has 18 heavy (non-hydrogen) atoms. The van der Waals surface area contributed by atoms with Gasteiger partial charge in [-0.3, -0.25) is 0 Å². The number of nitrogens with zero attached hydrogens (tertiary/aromatic N) is 1. The van der Waals surface area contributed by atoms with Crippen LogP contribution in [0.15, 0.2) is 24.3 Å². The molecule has 1 aromatic carbocycles. The smallest absolute Gasteiger partial charge is 0.115 e. The maximum absolute atomic E-state index is 9.58. The summed E-state index contributed by atoms with van der Waals surface area (Å²) in [5, 5.41) is 19.1. The van der Waals surface area contributed by atoms with E-state index in [2.05, 4.69) is 6.07 Å². The lowest BCUT2D eigenvalue weighted by Crippen LogP contribution is -2.23. The van der Waals surface area contributed by atoms with Gasteiger partial charge in [-0.05, 0) is 37.0 Å². The molecule has 0 bridgehead atoms. The van der Waals surface area contributed by atoms with E-state index in [1.54, 1.807) is 12.1 Å². The molecule has 0 amide bonds. The quantitative estimate of drug-likeness (QED) is 0.846. The molecule has 0 saturated heterocycles. The molecule has 0 aromatic heterocycles. The minimum Gasteiger partial charge on any atom is -0.508 e. The fraction of sp³-hybridized carbons (Fsp3) is 0.562. The van der Waals surface area contributed by atoms with Crippen LogP contribution < -0.4 is 0 Å². The van der Waals surface area contributed by atoms with Gasteiger partial charge in [0.1, 0.15) is 5.75 Å². The molecule has 2 rings (SSSR count). The van der Waals surface area contributed by atoms with Crippen molar-refractivity contribution in [3.05, 3.63) is 29.8 Å². The maximum atomic E-state index is 9.58. The maximum Gasteiger partial charge on any atom is 0.115 e. The van der Waals surface area contributed by atoms with Crippen LogP contribution in [0.1, 0.15) is 50.5 Å². The third kappa shape index (κ3) is 3.26. The number of phenolic OH excluding ortho intramolecular Hbond substituents is 1. The lowest BCUT2D eigenvalue weighted by molar-refractivity contribution is 0.287. The SMILES string of the molecule is N#CC1(Cc2cccc(O)c2)CCCCCCC1. The van der Waals surface area contributed by atoms with E-state index in [0.29, 0.717) is 5.75 Å². The van der Waals surface area contributed by atoms with Gasteiger partial charge in [-0.25, -0.2) is 0 Å². The Morgan fingerprint density at radius 3 is 2.39 bits per heavy atom. The van der Waals surface area contributed by atoms with Crippen LogP contribution in [0.25, 0.3) is 0 Å². The number of rotatable bonds is 2. The fourth-order valence-corrected chi connectivity index (χ4v) is 2.97. The number of nitriles is 1. The van der Waals surface area contributed by atoms with Gasteiger partial charge in [0.2, 0.25) is 0 Å². The lowest BCUT2D eigenvalue weighted by Gasteiger charge is -2.28. The predicted octanol–water partition coefficient (Wildman–Crippen LogP) is 4.19. The number of hydrogen-bond donors (Lipinski definition) is 1. The summed E-state index contributed by atoms with van der Waals surface area (Å²) in [5.41, 5.74) is 0.867. The Hall–Kier alpha value is -1.49. The van der Waals surface area contributed by atoms with E-state index >= 15 is 0 Å². The summed E-state index contributed by atoms with van der Waals surface area (Å²) in [6.07, 6.45) is 8.91. The Balaban J connectivity index is 2.13. The minimum atomic E-state index is -0.214. The first kappa shape index (κ1) is 13.0. The van der Waals surface area contributed by atoms with E-state index in [1.165, 1.54) is 19.3 Å². The summed E-state index contributed by atoms with van der Waals surface area (Å²) in [7, 11) is 0. The van der Waals surface area contributed by atoms with Crippen molar-refractivity contribution in [1.29, 1.82) is 5.26 Å². The molecule has 0 radical (unpaired) electrons. The van der Waals surface area contributed by atoms with Gasteiger partial charge in [0.05, 0.1) is 11.5 Å². The van der Waals surface area contributed by atoms with E-state index < -0.39 is 0 Å². The largest absolute Gasteiger partial charge is 0.508 e. The average molecular weight is 243 g/mol. The monoisotopic (exact) mass is 243 g/mol. The molecular formula is C16H21NO. The topological polar surface area (TPSA) is 44.0 Å². The zero-order chi connectivity index (χ0) is 12.8. The van der Waals surface area contributed by atoms with Gasteiger partial charge in [0.25, 0.3) is 0 Å². The number of aromatic hydroxyl groups is 1. The Morgan fingerprint density at radius 1 is 1.11 bits per heavy atom. The van der Waals surface area contributed by atoms with Gasteiger partial charge in [-0.2, -0.15) is 5.26 Å². The average Bonchev–Trinajstić information content (AvgIpc) is 2.33. The van der Waals surface area contributed by atoms with Gasteiger partial charge >= 0.3 is 0 Å². The fourth-order valence-electron chi connectivity index (χ4n) is 2.97. The van der Waals surface area contributed by atoms with Crippen molar-refractivity contribution in [3.8, 4) is 11.8 Å². The molecule has 0 aliphatic heterocycles. The van der Waals surface area contributed by atoms with Crippen molar-refractivity contribution in [2.45, 2.75) is 51.4 Å². The van der Waals surface area contributed by atoms with Crippen molar-refractivity contribution in [3.63, 3.8) is 0 Å². The normalized spacial score (nSPS) is 19.5. The van der Waals surface area contributed by atoms with Crippen LogP contribution in [0.4, 0.5) is 0 Å². The minimum absolute atomic E-state index is 0.214. The third-order valence-corrected chi connectivity index (χ3v) is 4.00. The Kier molecular flexibility index (Phi) is 4.25. The molecule has 2 heteroatoms. The lowest BCUT2D eigenvalue weighted by atomic mass is 9.73. The summed E-state index contributed by atoms with van der Waals surface area (Å²) < 4.78 is 0. The van der Waals surface area contributed by atoms with Gasteiger partial charge in [-0.15, -0.1) is 0 Å². The number of hydrogen-bond acceptors (Lipinski definition) is 2. The van der Waals surface area contributed by atoms with Crippen LogP contribution in [-0.2, 0) is 6.42 Å². The van der Waals surface area contributed by atoms with E-state index in [1.807, 2.05) is 12.1 Å². The summed E-state index contributed by atoms with van der Waals surface area (Å²) in [6, 6.07) is 9.91. The first-order valence-corrected chi connectivity index (χ1v) is 6.93. The molecule has 1 fully saturated rings. The predicted molar refractivity (Wildman–Crippen MR) is 72.2 cm³/mol. The van der Waals surface area contributed by atoms with Crippen molar-refractivity contribution in [2.24, 2.45) is 5.41 Å². The molecule has 96 valence electrons. The Labute approximate surface area is 109 Å². The van der Waals surface area contributed by atoms with Crippen molar-refractivity contribution in [2.75, 3.05) is 0 Å². The van der Waals surface area contributed by atoms with Crippen LogP contribution in [0.2, 0.25) is 0 Å². The Morgan fingerprint density at radius 2 is 1.78 bits per heavy atom. The standard InChI is InChI=1S/C16H21NO/c17-13-16(9-4-2-1-3-5-10-16)12-14-7-6-8-15(18)11-14/h6-8,11,18H,1-5,9-10,12H2. The second-order valence-electron chi connectivity index (χ2n) is 5.51. The van der Waals surface area contributed by atoms with Crippen molar-refractivity contribution < 1.29 is 5.11 Å².